The number of ether oxygens (including phenoxy) is 1. The highest BCUT2D eigenvalue weighted by Gasteiger charge is 2.42. The molecule has 2 fully saturated rings. The summed E-state index contributed by atoms with van der Waals surface area (Å²) in [5, 5.41) is 0. The second-order valence-corrected chi connectivity index (χ2v) is 12.0. The minimum absolute atomic E-state index is 0.0260. The maximum Gasteiger partial charge on any atom is 0.269 e. The van der Waals surface area contributed by atoms with Gasteiger partial charge in [0.15, 0.2) is 9.84 Å². The van der Waals surface area contributed by atoms with Crippen LogP contribution in [0.15, 0.2) is 58.4 Å². The smallest absolute Gasteiger partial charge is 0.269 e. The highest BCUT2D eigenvalue weighted by atomic mass is 32.2. The molecular weight excluding hydrogens is 494 g/mol. The molecule has 0 aliphatic carbocycles. The number of carbonyl (C=O) groups is 1. The van der Waals surface area contributed by atoms with E-state index < -0.39 is 27.3 Å². The fourth-order valence-corrected chi connectivity index (χ4v) is 6.99. The van der Waals surface area contributed by atoms with Crippen molar-refractivity contribution >= 4 is 55.8 Å². The van der Waals surface area contributed by atoms with Gasteiger partial charge in [-0.2, -0.15) is 4.98 Å². The lowest BCUT2D eigenvalue weighted by Gasteiger charge is -2.20. The Bertz CT molecular complexity index is 1530. The van der Waals surface area contributed by atoms with E-state index in [0.717, 1.165) is 17.3 Å². The number of fused-ring (bicyclic) bond motifs is 1. The van der Waals surface area contributed by atoms with Gasteiger partial charge >= 0.3 is 0 Å². The number of pyridine rings is 1. The number of hydrogen-bond donors (Lipinski definition) is 0. The van der Waals surface area contributed by atoms with Crippen LogP contribution in [0.25, 0.3) is 11.7 Å². The summed E-state index contributed by atoms with van der Waals surface area (Å²) in [5.74, 6) is 0.0493. The molecule has 2 aliphatic rings. The molecule has 2 aromatic heterocycles. The molecule has 1 aromatic carbocycles. The fraction of sp³-hybridized carbons (Fsp3) is 0.217. The molecule has 1 unspecified atom stereocenters. The van der Waals surface area contributed by atoms with Crippen LogP contribution < -0.4 is 10.3 Å². The first kappa shape index (κ1) is 22.8. The van der Waals surface area contributed by atoms with E-state index in [-0.39, 0.29) is 32.2 Å². The Morgan fingerprint density at radius 3 is 2.65 bits per heavy atom. The van der Waals surface area contributed by atoms with Crippen LogP contribution in [-0.2, 0) is 14.6 Å². The van der Waals surface area contributed by atoms with Gasteiger partial charge in [0, 0.05) is 6.20 Å². The lowest BCUT2D eigenvalue weighted by molar-refractivity contribution is -0.123. The van der Waals surface area contributed by atoms with Gasteiger partial charge in [-0.15, -0.1) is 0 Å². The predicted molar refractivity (Wildman–Crippen MR) is 135 cm³/mol. The number of rotatable bonds is 4. The molecule has 0 N–H and O–H groups in total. The van der Waals surface area contributed by atoms with Gasteiger partial charge < -0.3 is 4.74 Å². The summed E-state index contributed by atoms with van der Waals surface area (Å²) in [7, 11) is -3.20. The van der Waals surface area contributed by atoms with Gasteiger partial charge in [-0.1, -0.05) is 47.7 Å². The standard InChI is InChI=1S/C23H19N3O5S3/c1-14-5-7-16(8-6-14)31-20-17(21(27)25-10-3-2-4-19(25)24-20)12-18-22(28)26(23(32)33-18)15-9-11-34(29,30)13-15/h2-8,10,12,15H,9,11,13H2,1H3. The van der Waals surface area contributed by atoms with Gasteiger partial charge in [-0.3, -0.25) is 18.9 Å². The maximum absolute atomic E-state index is 13.3. The van der Waals surface area contributed by atoms with Crippen LogP contribution in [-0.4, -0.2) is 50.5 Å². The normalized spacial score (nSPS) is 21.0. The molecule has 0 saturated carbocycles. The Kier molecular flexibility index (Phi) is 5.78. The Morgan fingerprint density at radius 1 is 1.18 bits per heavy atom. The van der Waals surface area contributed by atoms with E-state index in [1.165, 1.54) is 15.4 Å². The summed E-state index contributed by atoms with van der Waals surface area (Å²) in [4.78, 5) is 32.6. The summed E-state index contributed by atoms with van der Waals surface area (Å²) in [6.45, 7) is 1.95. The summed E-state index contributed by atoms with van der Waals surface area (Å²) in [5.41, 5.74) is 1.15. The van der Waals surface area contributed by atoms with Gasteiger partial charge in [0.1, 0.15) is 21.3 Å². The van der Waals surface area contributed by atoms with Crippen molar-refractivity contribution in [2.75, 3.05) is 11.5 Å². The third kappa shape index (κ3) is 4.26. The van der Waals surface area contributed by atoms with Crippen molar-refractivity contribution in [3.63, 3.8) is 0 Å². The largest absolute Gasteiger partial charge is 0.438 e. The molecule has 174 valence electrons. The predicted octanol–water partition coefficient (Wildman–Crippen LogP) is 3.18. The highest BCUT2D eigenvalue weighted by Crippen LogP contribution is 2.37. The Morgan fingerprint density at radius 2 is 1.94 bits per heavy atom. The average Bonchev–Trinajstić information content (AvgIpc) is 3.29. The van der Waals surface area contributed by atoms with E-state index in [4.69, 9.17) is 17.0 Å². The molecule has 2 aliphatic heterocycles. The minimum atomic E-state index is -3.20. The SMILES string of the molecule is Cc1ccc(Oc2nc3ccccn3c(=O)c2C=C2SC(=S)N(C3CCS(=O)(=O)C3)C2=O)cc1. The van der Waals surface area contributed by atoms with Crippen molar-refractivity contribution in [2.24, 2.45) is 0 Å². The van der Waals surface area contributed by atoms with Crippen molar-refractivity contribution in [1.29, 1.82) is 0 Å². The van der Waals surface area contributed by atoms with Crippen molar-refractivity contribution in [2.45, 2.75) is 19.4 Å². The van der Waals surface area contributed by atoms with Crippen LogP contribution >= 0.6 is 24.0 Å². The fourth-order valence-electron chi connectivity index (χ4n) is 3.91. The Balaban J connectivity index is 1.58. The number of thiocarbonyl (C=S) groups is 1. The molecule has 2 saturated heterocycles. The third-order valence-electron chi connectivity index (χ3n) is 5.64. The number of hydrogen-bond acceptors (Lipinski definition) is 8. The molecule has 0 radical (unpaired) electrons. The number of aryl methyl sites for hydroxylation is 1. The lowest BCUT2D eigenvalue weighted by Crippen LogP contribution is -2.39. The molecule has 3 aromatic rings. The number of nitrogens with zero attached hydrogens (tertiary/aromatic N) is 3. The summed E-state index contributed by atoms with van der Waals surface area (Å²) >= 11 is 6.42. The van der Waals surface area contributed by atoms with Crippen LogP contribution in [0.3, 0.4) is 0 Å². The van der Waals surface area contributed by atoms with Crippen LogP contribution in [0.1, 0.15) is 17.5 Å². The maximum atomic E-state index is 13.3. The molecule has 8 nitrogen and oxygen atoms in total. The number of sulfone groups is 1. The topological polar surface area (TPSA) is 98.1 Å². The third-order valence-corrected chi connectivity index (χ3v) is 8.72. The molecule has 4 heterocycles. The monoisotopic (exact) mass is 513 g/mol. The summed E-state index contributed by atoms with van der Waals surface area (Å²) in [6.07, 6.45) is 3.36. The second-order valence-electron chi connectivity index (χ2n) is 8.09. The minimum Gasteiger partial charge on any atom is -0.438 e. The highest BCUT2D eigenvalue weighted by molar-refractivity contribution is 8.26. The number of aromatic nitrogens is 2. The van der Waals surface area contributed by atoms with Crippen LogP contribution in [0.2, 0.25) is 0 Å². The molecule has 5 rings (SSSR count). The molecular formula is C23H19N3O5S3. The quantitative estimate of drug-likeness (QED) is 0.388. The number of carbonyl (C=O) groups excluding carboxylic acids is 1. The van der Waals surface area contributed by atoms with Crippen molar-refractivity contribution in [3.05, 3.63) is 75.0 Å². The van der Waals surface area contributed by atoms with Crippen molar-refractivity contribution < 1.29 is 17.9 Å². The zero-order valence-electron chi connectivity index (χ0n) is 18.0. The first-order chi connectivity index (χ1) is 16.2. The second kappa shape index (κ2) is 8.64. The van der Waals surface area contributed by atoms with E-state index in [0.29, 0.717) is 17.8 Å². The van der Waals surface area contributed by atoms with Gasteiger partial charge in [0.25, 0.3) is 11.5 Å². The molecule has 0 bridgehead atoms. The molecule has 0 spiro atoms. The first-order valence-corrected chi connectivity index (χ1v) is 13.5. The van der Waals surface area contributed by atoms with E-state index in [9.17, 15) is 18.0 Å². The van der Waals surface area contributed by atoms with E-state index in [2.05, 4.69) is 4.98 Å². The Hall–Kier alpha value is -3.02. The van der Waals surface area contributed by atoms with Crippen LogP contribution in [0, 0.1) is 6.92 Å². The average molecular weight is 514 g/mol. The van der Waals surface area contributed by atoms with Crippen molar-refractivity contribution in [1.82, 2.24) is 14.3 Å². The Labute approximate surface area is 205 Å². The van der Waals surface area contributed by atoms with Gasteiger partial charge in [0.2, 0.25) is 5.88 Å². The first-order valence-electron chi connectivity index (χ1n) is 10.5. The molecule has 34 heavy (non-hydrogen) atoms. The number of benzene rings is 1. The van der Waals surface area contributed by atoms with Crippen LogP contribution in [0.4, 0.5) is 0 Å². The summed E-state index contributed by atoms with van der Waals surface area (Å²) in [6, 6.07) is 12.0. The molecule has 11 heteroatoms. The van der Waals surface area contributed by atoms with Gasteiger partial charge in [-0.25, -0.2) is 8.42 Å². The van der Waals surface area contributed by atoms with E-state index in [1.54, 1.807) is 36.5 Å². The zero-order valence-corrected chi connectivity index (χ0v) is 20.5. The number of thioether (sulfide) groups is 1. The molecule has 1 atom stereocenters. The van der Waals surface area contributed by atoms with Gasteiger partial charge in [0.05, 0.1) is 22.5 Å². The number of amides is 1. The zero-order chi connectivity index (χ0) is 24.0. The summed E-state index contributed by atoms with van der Waals surface area (Å²) < 4.78 is 31.4. The van der Waals surface area contributed by atoms with E-state index in [1.807, 2.05) is 19.1 Å². The van der Waals surface area contributed by atoms with Crippen LogP contribution in [0.5, 0.6) is 11.6 Å². The van der Waals surface area contributed by atoms with E-state index >= 15 is 0 Å². The molecule has 1 amide bonds. The lowest BCUT2D eigenvalue weighted by atomic mass is 10.2. The van der Waals surface area contributed by atoms with Gasteiger partial charge in [-0.05, 0) is 43.7 Å². The van der Waals surface area contributed by atoms with Crippen molar-refractivity contribution in [3.8, 4) is 11.6 Å².